The maximum Gasteiger partial charge on any atom is 0.318 e. The minimum absolute atomic E-state index is 0.0461. The van der Waals surface area contributed by atoms with Gasteiger partial charge in [-0.05, 0) is 31.6 Å². The molecule has 6 heteroatoms. The second-order valence-corrected chi connectivity index (χ2v) is 4.72. The summed E-state index contributed by atoms with van der Waals surface area (Å²) in [7, 11) is 0. The molecule has 1 aliphatic rings. The molecule has 0 aromatic carbocycles. The molecule has 1 saturated carbocycles. The van der Waals surface area contributed by atoms with Crippen molar-refractivity contribution >= 4 is 17.9 Å². The quantitative estimate of drug-likeness (QED) is 0.563. The van der Waals surface area contributed by atoms with Crippen molar-refractivity contribution < 1.29 is 29.3 Å². The van der Waals surface area contributed by atoms with Crippen LogP contribution in [0.5, 0.6) is 0 Å². The largest absolute Gasteiger partial charge is 0.481 e. The zero-order valence-electron chi connectivity index (χ0n) is 10.5. The number of esters is 1. The van der Waals surface area contributed by atoms with Crippen LogP contribution in [0.3, 0.4) is 0 Å². The number of aliphatic carboxylic acids is 2. The van der Waals surface area contributed by atoms with E-state index in [1.807, 2.05) is 6.92 Å². The van der Waals surface area contributed by atoms with Gasteiger partial charge in [-0.1, -0.05) is 6.92 Å². The van der Waals surface area contributed by atoms with Crippen LogP contribution < -0.4 is 0 Å². The van der Waals surface area contributed by atoms with Gasteiger partial charge in [-0.2, -0.15) is 0 Å². The predicted molar refractivity (Wildman–Crippen MR) is 60.8 cm³/mol. The molecule has 1 rings (SSSR count). The molecule has 1 fully saturated rings. The molecule has 0 amide bonds. The summed E-state index contributed by atoms with van der Waals surface area (Å²) in [6, 6.07) is 0. The number of carboxylic acids is 2. The van der Waals surface area contributed by atoms with Crippen LogP contribution in [0.4, 0.5) is 0 Å². The van der Waals surface area contributed by atoms with Crippen molar-refractivity contribution in [2.24, 2.45) is 23.7 Å². The van der Waals surface area contributed by atoms with Crippen LogP contribution in [-0.4, -0.2) is 34.7 Å². The van der Waals surface area contributed by atoms with Crippen molar-refractivity contribution in [2.75, 3.05) is 6.61 Å². The molecule has 0 saturated heterocycles. The lowest BCUT2D eigenvalue weighted by Gasteiger charge is -2.15. The van der Waals surface area contributed by atoms with E-state index in [1.165, 1.54) is 0 Å². The highest BCUT2D eigenvalue weighted by molar-refractivity contribution is 5.93. The van der Waals surface area contributed by atoms with Crippen molar-refractivity contribution in [2.45, 2.75) is 26.7 Å². The van der Waals surface area contributed by atoms with Gasteiger partial charge in [-0.25, -0.2) is 0 Å². The molecule has 0 heterocycles. The molecule has 102 valence electrons. The Bertz CT molecular complexity index is 336. The van der Waals surface area contributed by atoms with Crippen LogP contribution in [-0.2, 0) is 19.1 Å². The van der Waals surface area contributed by atoms with Gasteiger partial charge in [0.05, 0.1) is 12.5 Å². The van der Waals surface area contributed by atoms with Crippen molar-refractivity contribution in [3.8, 4) is 0 Å². The van der Waals surface area contributed by atoms with Crippen molar-refractivity contribution in [3.05, 3.63) is 0 Å². The molecular weight excluding hydrogens is 240 g/mol. The number of hydrogen-bond donors (Lipinski definition) is 2. The first-order valence-electron chi connectivity index (χ1n) is 6.00. The molecular formula is C12H18O6. The first-order valence-corrected chi connectivity index (χ1v) is 6.00. The number of carboxylic acid groups (broad SMARTS) is 2. The van der Waals surface area contributed by atoms with E-state index in [0.717, 1.165) is 0 Å². The third kappa shape index (κ3) is 3.00. The van der Waals surface area contributed by atoms with Crippen LogP contribution >= 0.6 is 0 Å². The Labute approximate surface area is 105 Å². The standard InChI is InChI=1S/C12H18O6/c1-3-18-12(17)8-5-7(4-6(8)2)9(10(13)14)11(15)16/h6-9H,3-5H2,1-2H3,(H,13,14)(H,15,16). The first-order chi connectivity index (χ1) is 8.38. The molecule has 0 radical (unpaired) electrons. The van der Waals surface area contributed by atoms with Crippen LogP contribution in [0.15, 0.2) is 0 Å². The minimum Gasteiger partial charge on any atom is -0.481 e. The van der Waals surface area contributed by atoms with E-state index in [2.05, 4.69) is 0 Å². The third-order valence-electron chi connectivity index (χ3n) is 3.51. The van der Waals surface area contributed by atoms with E-state index in [1.54, 1.807) is 6.92 Å². The first kappa shape index (κ1) is 14.5. The molecule has 0 aromatic rings. The monoisotopic (exact) mass is 258 g/mol. The Morgan fingerprint density at radius 1 is 1.22 bits per heavy atom. The maximum absolute atomic E-state index is 11.6. The van der Waals surface area contributed by atoms with E-state index in [0.29, 0.717) is 6.42 Å². The Morgan fingerprint density at radius 2 is 1.78 bits per heavy atom. The van der Waals surface area contributed by atoms with Gasteiger partial charge < -0.3 is 14.9 Å². The van der Waals surface area contributed by atoms with Crippen LogP contribution in [0.2, 0.25) is 0 Å². The molecule has 0 aromatic heterocycles. The number of carbonyl (C=O) groups excluding carboxylic acids is 1. The van der Waals surface area contributed by atoms with Gasteiger partial charge in [0.15, 0.2) is 5.92 Å². The van der Waals surface area contributed by atoms with Crippen molar-refractivity contribution in [1.29, 1.82) is 0 Å². The summed E-state index contributed by atoms with van der Waals surface area (Å²) in [5, 5.41) is 17.8. The number of rotatable bonds is 5. The van der Waals surface area contributed by atoms with E-state index in [4.69, 9.17) is 14.9 Å². The molecule has 6 nitrogen and oxygen atoms in total. The lowest BCUT2D eigenvalue weighted by atomic mass is 9.90. The molecule has 0 aliphatic heterocycles. The molecule has 0 spiro atoms. The van der Waals surface area contributed by atoms with E-state index in [9.17, 15) is 14.4 Å². The summed E-state index contributed by atoms with van der Waals surface area (Å²) < 4.78 is 4.91. The summed E-state index contributed by atoms with van der Waals surface area (Å²) in [5.74, 6) is -5.43. The second-order valence-electron chi connectivity index (χ2n) is 4.72. The molecule has 18 heavy (non-hydrogen) atoms. The van der Waals surface area contributed by atoms with Gasteiger partial charge in [0.2, 0.25) is 0 Å². The Balaban J connectivity index is 2.76. The second kappa shape index (κ2) is 5.84. The number of hydrogen-bond acceptors (Lipinski definition) is 4. The predicted octanol–water partition coefficient (Wildman–Crippen LogP) is 0.997. The number of ether oxygens (including phenoxy) is 1. The normalized spacial score (nSPS) is 27.2. The zero-order chi connectivity index (χ0) is 13.9. The Morgan fingerprint density at radius 3 is 2.22 bits per heavy atom. The summed E-state index contributed by atoms with van der Waals surface area (Å²) >= 11 is 0. The fourth-order valence-electron chi connectivity index (χ4n) is 2.66. The fourth-order valence-corrected chi connectivity index (χ4v) is 2.66. The summed E-state index contributed by atoms with van der Waals surface area (Å²) in [6.07, 6.45) is 0.690. The van der Waals surface area contributed by atoms with Gasteiger partial charge in [-0.3, -0.25) is 14.4 Å². The van der Waals surface area contributed by atoms with E-state index < -0.39 is 29.7 Å². The summed E-state index contributed by atoms with van der Waals surface area (Å²) in [5.41, 5.74) is 0. The lowest BCUT2D eigenvalue weighted by molar-refractivity contribution is -0.158. The zero-order valence-corrected chi connectivity index (χ0v) is 10.5. The van der Waals surface area contributed by atoms with Gasteiger partial charge in [0.25, 0.3) is 0 Å². The summed E-state index contributed by atoms with van der Waals surface area (Å²) in [4.78, 5) is 33.5. The Hall–Kier alpha value is -1.59. The van der Waals surface area contributed by atoms with Crippen molar-refractivity contribution in [1.82, 2.24) is 0 Å². The highest BCUT2D eigenvalue weighted by Crippen LogP contribution is 2.41. The summed E-state index contributed by atoms with van der Waals surface area (Å²) in [6.45, 7) is 3.79. The van der Waals surface area contributed by atoms with Crippen molar-refractivity contribution in [3.63, 3.8) is 0 Å². The van der Waals surface area contributed by atoms with Gasteiger partial charge in [-0.15, -0.1) is 0 Å². The SMILES string of the molecule is CCOC(=O)C1CC(C(C(=O)O)C(=O)O)CC1C. The molecule has 3 atom stereocenters. The highest BCUT2D eigenvalue weighted by atomic mass is 16.5. The van der Waals surface area contributed by atoms with Crippen LogP contribution in [0.1, 0.15) is 26.7 Å². The lowest BCUT2D eigenvalue weighted by Crippen LogP contribution is -2.30. The smallest absolute Gasteiger partial charge is 0.318 e. The molecule has 1 aliphatic carbocycles. The van der Waals surface area contributed by atoms with E-state index >= 15 is 0 Å². The van der Waals surface area contributed by atoms with Gasteiger partial charge in [0, 0.05) is 0 Å². The molecule has 3 unspecified atom stereocenters. The topological polar surface area (TPSA) is 101 Å². The average molecular weight is 258 g/mol. The maximum atomic E-state index is 11.6. The average Bonchev–Trinajstić information content (AvgIpc) is 2.59. The van der Waals surface area contributed by atoms with Crippen LogP contribution in [0.25, 0.3) is 0 Å². The Kier molecular flexibility index (Phi) is 4.69. The van der Waals surface area contributed by atoms with E-state index in [-0.39, 0.29) is 24.9 Å². The third-order valence-corrected chi connectivity index (χ3v) is 3.51. The number of carbonyl (C=O) groups is 3. The fraction of sp³-hybridized carbons (Fsp3) is 0.750. The minimum atomic E-state index is -1.44. The molecule has 2 N–H and O–H groups in total. The van der Waals surface area contributed by atoms with Gasteiger partial charge in [0.1, 0.15) is 0 Å². The van der Waals surface area contributed by atoms with Crippen LogP contribution in [0, 0.1) is 23.7 Å². The highest BCUT2D eigenvalue weighted by Gasteiger charge is 2.45. The van der Waals surface area contributed by atoms with Gasteiger partial charge >= 0.3 is 17.9 Å². The molecule has 0 bridgehead atoms.